The zero-order chi connectivity index (χ0) is 13.3. The van der Waals surface area contributed by atoms with Crippen molar-refractivity contribution in [3.8, 4) is 0 Å². The Hall–Kier alpha value is -2.04. The molecule has 0 aromatic heterocycles. The second-order valence-corrected chi connectivity index (χ2v) is 5.14. The Balaban J connectivity index is 2.24. The zero-order valence-corrected chi connectivity index (χ0v) is 10.8. The summed E-state index contributed by atoms with van der Waals surface area (Å²) in [5.41, 5.74) is 2.99. The highest BCUT2D eigenvalue weighted by atomic mass is 16.2. The average molecular weight is 247 g/mol. The van der Waals surface area contributed by atoms with Crippen LogP contribution >= 0.6 is 0 Å². The first-order valence-electron chi connectivity index (χ1n) is 5.83. The molecule has 0 radical (unpaired) electrons. The maximum Gasteiger partial charge on any atom is 0.345 e. The summed E-state index contributed by atoms with van der Waals surface area (Å²) in [6.07, 6.45) is 0. The van der Waals surface area contributed by atoms with Crippen LogP contribution in [0.5, 0.6) is 0 Å². The smallest absolute Gasteiger partial charge is 0.325 e. The van der Waals surface area contributed by atoms with Gasteiger partial charge in [-0.05, 0) is 26.0 Å². The van der Waals surface area contributed by atoms with Crippen LogP contribution in [0.1, 0.15) is 13.8 Å². The van der Waals surface area contributed by atoms with Crippen LogP contribution in [0, 0.1) is 5.41 Å². The van der Waals surface area contributed by atoms with Crippen molar-refractivity contribution < 1.29 is 9.59 Å². The lowest BCUT2D eigenvalue weighted by atomic mass is 9.90. The Labute approximate surface area is 106 Å². The van der Waals surface area contributed by atoms with Gasteiger partial charge in [-0.3, -0.25) is 10.2 Å². The van der Waals surface area contributed by atoms with Gasteiger partial charge in [0.15, 0.2) is 0 Å². The lowest BCUT2D eigenvalue weighted by Crippen LogP contribution is -2.60. The Morgan fingerprint density at radius 3 is 2.39 bits per heavy atom. The molecule has 0 aliphatic carbocycles. The maximum atomic E-state index is 12.2. The standard InChI is InChI=1S/C13H17N3O2/c1-13(2)9-15(3)12(18)16(11(13)17)14-10-7-5-4-6-8-10/h4-8,14H,9H2,1-3H3. The van der Waals surface area contributed by atoms with Crippen LogP contribution in [0.4, 0.5) is 10.5 Å². The fraction of sp³-hybridized carbons (Fsp3) is 0.385. The van der Waals surface area contributed by atoms with E-state index >= 15 is 0 Å². The highest BCUT2D eigenvalue weighted by Gasteiger charge is 2.43. The van der Waals surface area contributed by atoms with Gasteiger partial charge in [0.05, 0.1) is 11.1 Å². The molecular weight excluding hydrogens is 230 g/mol. The van der Waals surface area contributed by atoms with E-state index in [9.17, 15) is 9.59 Å². The third-order valence-corrected chi connectivity index (χ3v) is 2.95. The first kappa shape index (κ1) is 12.4. The number of para-hydroxylation sites is 1. The molecule has 0 bridgehead atoms. The molecule has 18 heavy (non-hydrogen) atoms. The minimum atomic E-state index is -0.579. The van der Waals surface area contributed by atoms with E-state index in [4.69, 9.17) is 0 Å². The van der Waals surface area contributed by atoms with Gasteiger partial charge in [-0.25, -0.2) is 4.79 Å². The van der Waals surface area contributed by atoms with Crippen LogP contribution in [-0.2, 0) is 4.79 Å². The van der Waals surface area contributed by atoms with Gasteiger partial charge < -0.3 is 4.90 Å². The quantitative estimate of drug-likeness (QED) is 0.868. The van der Waals surface area contributed by atoms with Crippen molar-refractivity contribution in [2.75, 3.05) is 19.0 Å². The van der Waals surface area contributed by atoms with Gasteiger partial charge in [0.2, 0.25) is 0 Å². The Morgan fingerprint density at radius 1 is 1.17 bits per heavy atom. The van der Waals surface area contributed by atoms with Crippen molar-refractivity contribution >= 4 is 17.6 Å². The van der Waals surface area contributed by atoms with Gasteiger partial charge in [-0.2, -0.15) is 5.01 Å². The number of carbonyl (C=O) groups excluding carboxylic acids is 2. The van der Waals surface area contributed by atoms with Gasteiger partial charge in [-0.1, -0.05) is 18.2 Å². The second kappa shape index (κ2) is 4.33. The van der Waals surface area contributed by atoms with Gasteiger partial charge >= 0.3 is 6.03 Å². The minimum absolute atomic E-state index is 0.213. The molecule has 1 saturated heterocycles. The van der Waals surface area contributed by atoms with Crippen molar-refractivity contribution in [3.63, 3.8) is 0 Å². The zero-order valence-electron chi connectivity index (χ0n) is 10.8. The number of amides is 3. The van der Waals surface area contributed by atoms with E-state index in [0.29, 0.717) is 12.2 Å². The number of anilines is 1. The molecular formula is C13H17N3O2. The van der Waals surface area contributed by atoms with E-state index in [-0.39, 0.29) is 11.9 Å². The van der Waals surface area contributed by atoms with Crippen LogP contribution in [-0.4, -0.2) is 35.4 Å². The van der Waals surface area contributed by atoms with Gasteiger partial charge in [0.25, 0.3) is 5.91 Å². The number of benzene rings is 1. The number of rotatable bonds is 2. The summed E-state index contributed by atoms with van der Waals surface area (Å²) in [7, 11) is 1.69. The van der Waals surface area contributed by atoms with Crippen molar-refractivity contribution in [1.82, 2.24) is 9.91 Å². The summed E-state index contributed by atoms with van der Waals surface area (Å²) in [5, 5.41) is 1.08. The van der Waals surface area contributed by atoms with Gasteiger partial charge in [0, 0.05) is 13.6 Å². The molecule has 3 amide bonds. The lowest BCUT2D eigenvalue weighted by Gasteiger charge is -2.40. The molecule has 5 nitrogen and oxygen atoms in total. The van der Waals surface area contributed by atoms with E-state index in [1.807, 2.05) is 44.2 Å². The molecule has 1 aliphatic rings. The molecule has 0 unspecified atom stereocenters. The van der Waals surface area contributed by atoms with Crippen LogP contribution in [0.2, 0.25) is 0 Å². The molecule has 5 heteroatoms. The predicted octanol–water partition coefficient (Wildman–Crippen LogP) is 1.93. The number of nitrogens with zero attached hydrogens (tertiary/aromatic N) is 2. The van der Waals surface area contributed by atoms with Crippen molar-refractivity contribution in [3.05, 3.63) is 30.3 Å². The molecule has 2 rings (SSSR count). The average Bonchev–Trinajstić information content (AvgIpc) is 2.33. The van der Waals surface area contributed by atoms with E-state index in [2.05, 4.69) is 5.43 Å². The summed E-state index contributed by atoms with van der Waals surface area (Å²) in [5.74, 6) is -0.213. The predicted molar refractivity (Wildman–Crippen MR) is 68.7 cm³/mol. The van der Waals surface area contributed by atoms with E-state index in [1.54, 1.807) is 7.05 Å². The number of hydrazine groups is 1. The fourth-order valence-electron chi connectivity index (χ4n) is 2.03. The number of nitrogens with one attached hydrogen (secondary N) is 1. The molecule has 1 fully saturated rings. The van der Waals surface area contributed by atoms with Crippen LogP contribution in [0.25, 0.3) is 0 Å². The first-order valence-corrected chi connectivity index (χ1v) is 5.83. The third kappa shape index (κ3) is 2.16. The molecule has 1 aliphatic heterocycles. The largest absolute Gasteiger partial charge is 0.345 e. The van der Waals surface area contributed by atoms with Crippen molar-refractivity contribution in [2.24, 2.45) is 5.41 Å². The van der Waals surface area contributed by atoms with Crippen LogP contribution in [0.3, 0.4) is 0 Å². The van der Waals surface area contributed by atoms with Crippen molar-refractivity contribution in [1.29, 1.82) is 0 Å². The highest BCUT2D eigenvalue weighted by molar-refractivity contribution is 6.00. The monoisotopic (exact) mass is 247 g/mol. The Kier molecular flexibility index (Phi) is 2.98. The van der Waals surface area contributed by atoms with Crippen LogP contribution in [0.15, 0.2) is 30.3 Å². The summed E-state index contributed by atoms with van der Waals surface area (Å²) in [6, 6.07) is 8.85. The fourth-order valence-corrected chi connectivity index (χ4v) is 2.03. The second-order valence-electron chi connectivity index (χ2n) is 5.14. The summed E-state index contributed by atoms with van der Waals surface area (Å²) in [4.78, 5) is 25.8. The van der Waals surface area contributed by atoms with Gasteiger partial charge in [-0.15, -0.1) is 0 Å². The summed E-state index contributed by atoms with van der Waals surface area (Å²) in [6.45, 7) is 4.09. The SMILES string of the molecule is CN1CC(C)(C)C(=O)N(Nc2ccccc2)C1=O. The number of hydrogen-bond donors (Lipinski definition) is 1. The molecule has 96 valence electrons. The van der Waals surface area contributed by atoms with E-state index in [1.165, 1.54) is 4.90 Å². The number of carbonyl (C=O) groups is 2. The topological polar surface area (TPSA) is 52.7 Å². The molecule has 0 spiro atoms. The first-order chi connectivity index (χ1) is 8.42. The lowest BCUT2D eigenvalue weighted by molar-refractivity contribution is -0.140. The Morgan fingerprint density at radius 2 is 1.78 bits per heavy atom. The molecule has 0 saturated carbocycles. The van der Waals surface area contributed by atoms with Crippen molar-refractivity contribution in [2.45, 2.75) is 13.8 Å². The maximum absolute atomic E-state index is 12.2. The Bertz CT molecular complexity index is 470. The van der Waals surface area contributed by atoms with Crippen LogP contribution < -0.4 is 5.43 Å². The number of imide groups is 1. The number of hydrogen-bond acceptors (Lipinski definition) is 3. The molecule has 1 aromatic rings. The highest BCUT2D eigenvalue weighted by Crippen LogP contribution is 2.26. The van der Waals surface area contributed by atoms with E-state index in [0.717, 1.165) is 5.01 Å². The molecule has 1 N–H and O–H groups in total. The third-order valence-electron chi connectivity index (χ3n) is 2.95. The van der Waals surface area contributed by atoms with E-state index < -0.39 is 5.41 Å². The molecule has 0 atom stereocenters. The summed E-state index contributed by atoms with van der Waals surface area (Å²) < 4.78 is 0. The molecule has 1 heterocycles. The molecule has 1 aromatic carbocycles. The summed E-state index contributed by atoms with van der Waals surface area (Å²) >= 11 is 0. The minimum Gasteiger partial charge on any atom is -0.325 e. The normalized spacial score (nSPS) is 19.1. The van der Waals surface area contributed by atoms with Gasteiger partial charge in [0.1, 0.15) is 0 Å². The number of urea groups is 1.